The standard InChI is InChI=1S/C9H10N4OS3/c10-9-11-5(3-17-9)8-12-7(13-14-8)6-4-15-1-2-16-6/h3,6H,1-2,4H2,(H2,10,11). The van der Waals surface area contributed by atoms with Gasteiger partial charge in [0.05, 0.1) is 5.25 Å². The molecule has 0 radical (unpaired) electrons. The number of thioether (sulfide) groups is 2. The molecule has 1 aliphatic rings. The van der Waals surface area contributed by atoms with Gasteiger partial charge in [-0.2, -0.15) is 16.7 Å². The maximum absolute atomic E-state index is 5.58. The lowest BCUT2D eigenvalue weighted by Crippen LogP contribution is -2.07. The molecule has 1 saturated heterocycles. The summed E-state index contributed by atoms with van der Waals surface area (Å²) in [5.74, 6) is 4.62. The Morgan fingerprint density at radius 1 is 1.35 bits per heavy atom. The molecule has 3 rings (SSSR count). The summed E-state index contributed by atoms with van der Waals surface area (Å²) < 4.78 is 5.22. The molecule has 0 amide bonds. The number of nitrogens with zero attached hydrogens (tertiary/aromatic N) is 3. The topological polar surface area (TPSA) is 77.8 Å². The number of anilines is 1. The molecule has 1 atom stereocenters. The van der Waals surface area contributed by atoms with E-state index in [1.54, 1.807) is 0 Å². The maximum Gasteiger partial charge on any atom is 0.277 e. The van der Waals surface area contributed by atoms with E-state index in [4.69, 9.17) is 10.3 Å². The van der Waals surface area contributed by atoms with Gasteiger partial charge in [0, 0.05) is 22.6 Å². The first-order chi connectivity index (χ1) is 8.33. The Bertz CT molecular complexity index is 506. The molecule has 1 unspecified atom stereocenters. The van der Waals surface area contributed by atoms with Gasteiger partial charge < -0.3 is 10.3 Å². The number of hydrogen-bond acceptors (Lipinski definition) is 8. The van der Waals surface area contributed by atoms with Crippen LogP contribution in [0.5, 0.6) is 0 Å². The third-order valence-electron chi connectivity index (χ3n) is 2.29. The van der Waals surface area contributed by atoms with Gasteiger partial charge in [0.15, 0.2) is 11.0 Å². The zero-order valence-corrected chi connectivity index (χ0v) is 11.3. The molecule has 0 spiro atoms. The lowest BCUT2D eigenvalue weighted by Gasteiger charge is -2.16. The number of aromatic nitrogens is 3. The van der Waals surface area contributed by atoms with E-state index in [1.807, 2.05) is 28.9 Å². The molecule has 1 fully saturated rings. The lowest BCUT2D eigenvalue weighted by atomic mass is 10.4. The lowest BCUT2D eigenvalue weighted by molar-refractivity contribution is 0.422. The molecule has 0 aliphatic carbocycles. The van der Waals surface area contributed by atoms with Crippen LogP contribution in [0, 0.1) is 0 Å². The van der Waals surface area contributed by atoms with Gasteiger partial charge in [0.25, 0.3) is 5.89 Å². The summed E-state index contributed by atoms with van der Waals surface area (Å²) in [6.07, 6.45) is 0. The van der Waals surface area contributed by atoms with Crippen molar-refractivity contribution in [3.63, 3.8) is 0 Å². The molecule has 17 heavy (non-hydrogen) atoms. The average Bonchev–Trinajstić information content (AvgIpc) is 2.98. The second kappa shape index (κ2) is 4.87. The molecule has 5 nitrogen and oxygen atoms in total. The molecule has 3 heterocycles. The number of hydrogen-bond donors (Lipinski definition) is 1. The van der Waals surface area contributed by atoms with Gasteiger partial charge in [-0.25, -0.2) is 4.98 Å². The van der Waals surface area contributed by atoms with Crippen molar-refractivity contribution in [1.82, 2.24) is 15.1 Å². The van der Waals surface area contributed by atoms with E-state index < -0.39 is 0 Å². The highest BCUT2D eigenvalue weighted by Gasteiger charge is 2.22. The fourth-order valence-corrected chi connectivity index (χ4v) is 4.62. The van der Waals surface area contributed by atoms with Crippen molar-refractivity contribution in [1.29, 1.82) is 0 Å². The van der Waals surface area contributed by atoms with Crippen LogP contribution in [-0.4, -0.2) is 32.4 Å². The van der Waals surface area contributed by atoms with E-state index >= 15 is 0 Å². The smallest absolute Gasteiger partial charge is 0.277 e. The van der Waals surface area contributed by atoms with Crippen LogP contribution >= 0.6 is 34.9 Å². The quantitative estimate of drug-likeness (QED) is 0.907. The predicted molar refractivity (Wildman–Crippen MR) is 72.3 cm³/mol. The van der Waals surface area contributed by atoms with Crippen LogP contribution in [0.25, 0.3) is 11.6 Å². The average molecular weight is 286 g/mol. The summed E-state index contributed by atoms with van der Waals surface area (Å²) in [6, 6.07) is 0. The van der Waals surface area contributed by atoms with Crippen LogP contribution in [0.15, 0.2) is 9.90 Å². The van der Waals surface area contributed by atoms with Gasteiger partial charge in [-0.1, -0.05) is 5.16 Å². The van der Waals surface area contributed by atoms with Gasteiger partial charge >= 0.3 is 0 Å². The first-order valence-corrected chi connectivity index (χ1v) is 8.15. The summed E-state index contributed by atoms with van der Waals surface area (Å²) in [5.41, 5.74) is 6.24. The second-order valence-corrected chi connectivity index (χ2v) is 6.81. The Balaban J connectivity index is 1.82. The Labute approximate surface area is 111 Å². The zero-order chi connectivity index (χ0) is 11.7. The highest BCUT2D eigenvalue weighted by molar-refractivity contribution is 8.06. The minimum Gasteiger partial charge on any atom is -0.375 e. The van der Waals surface area contributed by atoms with Crippen molar-refractivity contribution < 1.29 is 4.52 Å². The third-order valence-corrected chi connectivity index (χ3v) is 5.71. The molecule has 8 heteroatoms. The number of thiazole rings is 1. The molecule has 0 aromatic carbocycles. The van der Waals surface area contributed by atoms with Crippen LogP contribution < -0.4 is 5.73 Å². The first kappa shape index (κ1) is 11.4. The molecular formula is C9H10N4OS3. The first-order valence-electron chi connectivity index (χ1n) is 5.07. The predicted octanol–water partition coefficient (Wildman–Crippen LogP) is 2.30. The van der Waals surface area contributed by atoms with Crippen LogP contribution in [0.3, 0.4) is 0 Å². The third kappa shape index (κ3) is 2.43. The zero-order valence-electron chi connectivity index (χ0n) is 8.83. The van der Waals surface area contributed by atoms with Crippen LogP contribution in [0.1, 0.15) is 11.1 Å². The molecule has 90 valence electrons. The van der Waals surface area contributed by atoms with Crippen LogP contribution in [0.4, 0.5) is 5.13 Å². The fraction of sp³-hybridized carbons (Fsp3) is 0.444. The van der Waals surface area contributed by atoms with Crippen LogP contribution in [-0.2, 0) is 0 Å². The van der Waals surface area contributed by atoms with E-state index in [0.717, 1.165) is 17.3 Å². The van der Waals surface area contributed by atoms with Gasteiger partial charge in [-0.3, -0.25) is 0 Å². The summed E-state index contributed by atoms with van der Waals surface area (Å²) >= 11 is 5.19. The Morgan fingerprint density at radius 2 is 2.29 bits per heavy atom. The number of rotatable bonds is 2. The Morgan fingerprint density at radius 3 is 3.00 bits per heavy atom. The molecule has 2 aromatic rings. The minimum absolute atomic E-state index is 0.335. The van der Waals surface area contributed by atoms with Crippen molar-refractivity contribution in [2.75, 3.05) is 23.0 Å². The van der Waals surface area contributed by atoms with E-state index in [2.05, 4.69) is 15.1 Å². The summed E-state index contributed by atoms with van der Waals surface area (Å²) in [7, 11) is 0. The van der Waals surface area contributed by atoms with Crippen molar-refractivity contribution in [3.8, 4) is 11.6 Å². The van der Waals surface area contributed by atoms with Crippen molar-refractivity contribution in [2.45, 2.75) is 5.25 Å². The highest BCUT2D eigenvalue weighted by Crippen LogP contribution is 2.36. The van der Waals surface area contributed by atoms with E-state index in [1.165, 1.54) is 17.1 Å². The fourth-order valence-electron chi connectivity index (χ4n) is 1.49. The van der Waals surface area contributed by atoms with E-state index in [9.17, 15) is 0 Å². The minimum atomic E-state index is 0.335. The van der Waals surface area contributed by atoms with Crippen LogP contribution in [0.2, 0.25) is 0 Å². The summed E-state index contributed by atoms with van der Waals surface area (Å²) in [4.78, 5) is 8.52. The number of nitrogen functional groups attached to an aromatic ring is 1. The van der Waals surface area contributed by atoms with Gasteiger partial charge in [0.1, 0.15) is 5.69 Å². The van der Waals surface area contributed by atoms with Gasteiger partial charge in [-0.05, 0) is 0 Å². The van der Waals surface area contributed by atoms with Gasteiger partial charge in [-0.15, -0.1) is 23.1 Å². The van der Waals surface area contributed by atoms with Gasteiger partial charge in [0.2, 0.25) is 0 Å². The maximum atomic E-state index is 5.58. The van der Waals surface area contributed by atoms with E-state index in [-0.39, 0.29) is 0 Å². The molecule has 1 aliphatic heterocycles. The highest BCUT2D eigenvalue weighted by atomic mass is 32.2. The molecular weight excluding hydrogens is 276 g/mol. The molecule has 2 aromatic heterocycles. The second-order valence-electron chi connectivity index (χ2n) is 3.46. The summed E-state index contributed by atoms with van der Waals surface area (Å²) in [6.45, 7) is 0. The van der Waals surface area contributed by atoms with Crippen molar-refractivity contribution >= 4 is 40.0 Å². The van der Waals surface area contributed by atoms with Crippen molar-refractivity contribution in [2.24, 2.45) is 0 Å². The molecule has 0 bridgehead atoms. The molecule has 2 N–H and O–H groups in total. The number of nitrogens with two attached hydrogens (primary N) is 1. The summed E-state index contributed by atoms with van der Waals surface area (Å²) in [5, 5.41) is 6.71. The largest absolute Gasteiger partial charge is 0.375 e. The Hall–Kier alpha value is -0.730. The normalized spacial score (nSPS) is 20.6. The van der Waals surface area contributed by atoms with Crippen molar-refractivity contribution in [3.05, 3.63) is 11.2 Å². The van der Waals surface area contributed by atoms with E-state index in [0.29, 0.717) is 22.0 Å². The monoisotopic (exact) mass is 286 g/mol. The SMILES string of the molecule is Nc1nc(-c2nc(C3CSCCS3)no2)cs1. The Kier molecular flexibility index (Phi) is 3.26. The molecule has 0 saturated carbocycles.